The molecule has 0 unspecified atom stereocenters. The minimum atomic E-state index is -0.337. The minimum Gasteiger partial charge on any atom is -0.369 e. The first kappa shape index (κ1) is 18.6. The maximum atomic E-state index is 11.3. The van der Waals surface area contributed by atoms with E-state index in [2.05, 4.69) is 15.3 Å². The van der Waals surface area contributed by atoms with Crippen LogP contribution in [0.3, 0.4) is 0 Å². The van der Waals surface area contributed by atoms with Crippen molar-refractivity contribution < 1.29 is 9.59 Å². The molecule has 2 amide bonds. The van der Waals surface area contributed by atoms with E-state index in [0.717, 1.165) is 5.56 Å². The number of hydrogen-bond acceptors (Lipinski definition) is 4. The second-order valence-electron chi connectivity index (χ2n) is 3.80. The van der Waals surface area contributed by atoms with E-state index < -0.39 is 0 Å². The molecule has 1 aromatic carbocycles. The van der Waals surface area contributed by atoms with Gasteiger partial charge in [0.05, 0.1) is 10.7 Å². The topological polar surface area (TPSA) is 100 Å². The van der Waals surface area contributed by atoms with Crippen molar-refractivity contribution in [2.24, 2.45) is 15.7 Å². The Balaban J connectivity index is 0.000000885. The summed E-state index contributed by atoms with van der Waals surface area (Å²) in [5, 5.41) is 2.95. The average molecular weight is 312 g/mol. The number of halogens is 1. The molecule has 0 aliphatic heterocycles. The molecule has 7 nitrogen and oxygen atoms in total. The number of nitrogens with zero attached hydrogens (tertiary/aromatic N) is 3. The van der Waals surface area contributed by atoms with Crippen LogP contribution < -0.4 is 11.1 Å². The van der Waals surface area contributed by atoms with Gasteiger partial charge in [0.15, 0.2) is 0 Å². The van der Waals surface area contributed by atoms with Crippen LogP contribution in [0, 0.1) is 6.92 Å². The summed E-state index contributed by atoms with van der Waals surface area (Å²) in [6.07, 6.45) is 1.31. The largest absolute Gasteiger partial charge is 0.369 e. The fourth-order valence-corrected chi connectivity index (χ4v) is 1.49. The molecule has 0 saturated carbocycles. The van der Waals surface area contributed by atoms with Crippen LogP contribution in [0.1, 0.15) is 5.56 Å². The standard InChI is InChI=1S/C11H15ClN4O.C2H3NO/c1-7-5-4-6-8(12)9(7)15-10(13)16(3)11(17)14-2;1-3-2-4/h4-6H,1-3H3,(H2,13,15)(H,14,17);1H3. The number of aryl methyl sites for hydroxylation is 1. The first-order valence-corrected chi connectivity index (χ1v) is 6.27. The van der Waals surface area contributed by atoms with Gasteiger partial charge in [-0.05, 0) is 18.6 Å². The van der Waals surface area contributed by atoms with Crippen LogP contribution in [0.4, 0.5) is 10.5 Å². The summed E-state index contributed by atoms with van der Waals surface area (Å²) in [6.45, 7) is 1.87. The highest BCUT2D eigenvalue weighted by Crippen LogP contribution is 2.28. The van der Waals surface area contributed by atoms with Gasteiger partial charge in [-0.3, -0.25) is 4.90 Å². The number of carbonyl (C=O) groups excluding carboxylic acids is 2. The van der Waals surface area contributed by atoms with Gasteiger partial charge in [0, 0.05) is 21.1 Å². The fourth-order valence-electron chi connectivity index (χ4n) is 1.23. The minimum absolute atomic E-state index is 0.0838. The Hall–Kier alpha value is -2.37. The van der Waals surface area contributed by atoms with Crippen molar-refractivity contribution >= 4 is 35.4 Å². The number of para-hydroxylation sites is 1. The van der Waals surface area contributed by atoms with E-state index >= 15 is 0 Å². The Labute approximate surface area is 128 Å². The van der Waals surface area contributed by atoms with Crippen molar-refractivity contribution in [1.82, 2.24) is 10.2 Å². The maximum Gasteiger partial charge on any atom is 0.323 e. The zero-order valence-electron chi connectivity index (χ0n) is 12.3. The van der Waals surface area contributed by atoms with Crippen molar-refractivity contribution in [3.63, 3.8) is 0 Å². The molecule has 114 valence electrons. The number of nitrogens with two attached hydrogens (primary N) is 1. The molecule has 0 saturated heterocycles. The third-order valence-electron chi connectivity index (χ3n) is 2.37. The van der Waals surface area contributed by atoms with Gasteiger partial charge in [0.1, 0.15) is 0 Å². The average Bonchev–Trinajstić information content (AvgIpc) is 2.49. The lowest BCUT2D eigenvalue weighted by atomic mass is 10.2. The molecule has 0 bridgehead atoms. The van der Waals surface area contributed by atoms with Gasteiger partial charge < -0.3 is 11.1 Å². The number of aliphatic imine (C=N–C) groups is 2. The molecule has 21 heavy (non-hydrogen) atoms. The van der Waals surface area contributed by atoms with Crippen molar-refractivity contribution in [2.75, 3.05) is 21.1 Å². The fraction of sp³-hybridized carbons (Fsp3) is 0.308. The number of nitrogens with one attached hydrogen (secondary N) is 1. The molecule has 1 aromatic rings. The predicted octanol–water partition coefficient (Wildman–Crippen LogP) is 1.82. The number of isocyanates is 1. The number of guanidine groups is 1. The van der Waals surface area contributed by atoms with Crippen LogP contribution in [0.5, 0.6) is 0 Å². The number of urea groups is 1. The highest BCUT2D eigenvalue weighted by molar-refractivity contribution is 6.33. The molecule has 3 N–H and O–H groups in total. The SMILES string of the molecule is CN=C=O.CNC(=O)N(C)C(N)=Nc1c(C)cccc1Cl. The summed E-state index contributed by atoms with van der Waals surface area (Å²) in [5.74, 6) is 0.0838. The summed E-state index contributed by atoms with van der Waals surface area (Å²) in [5.41, 5.74) is 7.19. The summed E-state index contributed by atoms with van der Waals surface area (Å²) in [4.78, 5) is 28.5. The molecule has 0 fully saturated rings. The maximum absolute atomic E-state index is 11.3. The monoisotopic (exact) mass is 311 g/mol. The second-order valence-corrected chi connectivity index (χ2v) is 4.21. The third-order valence-corrected chi connectivity index (χ3v) is 2.67. The van der Waals surface area contributed by atoms with Gasteiger partial charge in [-0.25, -0.2) is 19.6 Å². The Morgan fingerprint density at radius 3 is 2.48 bits per heavy atom. The van der Waals surface area contributed by atoms with Crippen molar-refractivity contribution in [3.8, 4) is 0 Å². The Morgan fingerprint density at radius 2 is 2.05 bits per heavy atom. The molecule has 0 aliphatic rings. The molecule has 8 heteroatoms. The highest BCUT2D eigenvalue weighted by atomic mass is 35.5. The molecule has 1 rings (SSSR count). The third kappa shape index (κ3) is 6.07. The number of carbonyl (C=O) groups is 1. The lowest BCUT2D eigenvalue weighted by Gasteiger charge is -2.15. The zero-order valence-corrected chi connectivity index (χ0v) is 13.1. The number of benzene rings is 1. The van der Waals surface area contributed by atoms with Crippen molar-refractivity contribution in [1.29, 1.82) is 0 Å². The van der Waals surface area contributed by atoms with Crippen LogP contribution in [-0.4, -0.2) is 44.1 Å². The summed E-state index contributed by atoms with van der Waals surface area (Å²) in [6, 6.07) is 5.09. The van der Waals surface area contributed by atoms with Crippen LogP contribution >= 0.6 is 11.6 Å². The summed E-state index contributed by atoms with van der Waals surface area (Å²) < 4.78 is 0. The molecular weight excluding hydrogens is 294 g/mol. The van der Waals surface area contributed by atoms with Gasteiger partial charge in [0.2, 0.25) is 12.0 Å². The van der Waals surface area contributed by atoms with Crippen LogP contribution in [0.25, 0.3) is 0 Å². The van der Waals surface area contributed by atoms with E-state index in [1.165, 1.54) is 32.1 Å². The summed E-state index contributed by atoms with van der Waals surface area (Å²) in [7, 11) is 4.43. The van der Waals surface area contributed by atoms with Crippen LogP contribution in [0.2, 0.25) is 5.02 Å². The van der Waals surface area contributed by atoms with Gasteiger partial charge in [-0.2, -0.15) is 0 Å². The van der Waals surface area contributed by atoms with Crippen LogP contribution in [-0.2, 0) is 4.79 Å². The van der Waals surface area contributed by atoms with E-state index in [-0.39, 0.29) is 12.0 Å². The zero-order chi connectivity index (χ0) is 16.4. The Morgan fingerprint density at radius 1 is 1.48 bits per heavy atom. The lowest BCUT2D eigenvalue weighted by molar-refractivity contribution is 0.228. The van der Waals surface area contributed by atoms with E-state index in [1.54, 1.807) is 6.07 Å². The molecule has 0 aliphatic carbocycles. The number of amides is 2. The predicted molar refractivity (Wildman–Crippen MR) is 83.7 cm³/mol. The second kappa shape index (κ2) is 9.52. The molecule has 0 spiro atoms. The molecule has 0 atom stereocenters. The first-order valence-electron chi connectivity index (χ1n) is 5.89. The quantitative estimate of drug-likeness (QED) is 0.470. The van der Waals surface area contributed by atoms with Gasteiger partial charge in [0.25, 0.3) is 0 Å². The van der Waals surface area contributed by atoms with E-state index in [4.69, 9.17) is 22.1 Å². The number of hydrogen-bond donors (Lipinski definition) is 2. The van der Waals surface area contributed by atoms with E-state index in [9.17, 15) is 4.79 Å². The first-order chi connectivity index (χ1) is 9.88. The van der Waals surface area contributed by atoms with E-state index in [0.29, 0.717) is 10.7 Å². The van der Waals surface area contributed by atoms with Gasteiger partial charge >= 0.3 is 6.03 Å². The normalized spacial score (nSPS) is 9.86. The Kier molecular flexibility index (Phi) is 8.45. The summed E-state index contributed by atoms with van der Waals surface area (Å²) >= 11 is 6.01. The smallest absolute Gasteiger partial charge is 0.323 e. The van der Waals surface area contributed by atoms with Crippen molar-refractivity contribution in [2.45, 2.75) is 6.92 Å². The molecule has 0 aromatic heterocycles. The Bertz CT molecular complexity index is 547. The van der Waals surface area contributed by atoms with Gasteiger partial charge in [-0.1, -0.05) is 23.7 Å². The molecule has 0 heterocycles. The van der Waals surface area contributed by atoms with E-state index in [1.807, 2.05) is 19.1 Å². The molecular formula is C13H18ClN5O2. The molecule has 0 radical (unpaired) electrons. The highest BCUT2D eigenvalue weighted by Gasteiger charge is 2.11. The number of rotatable bonds is 1. The van der Waals surface area contributed by atoms with Gasteiger partial charge in [-0.15, -0.1) is 0 Å². The van der Waals surface area contributed by atoms with Crippen LogP contribution in [0.15, 0.2) is 28.2 Å². The van der Waals surface area contributed by atoms with Crippen molar-refractivity contribution in [3.05, 3.63) is 28.8 Å². The lowest BCUT2D eigenvalue weighted by Crippen LogP contribution is -2.43.